The van der Waals surface area contributed by atoms with Gasteiger partial charge >= 0.3 is 0 Å². The lowest BCUT2D eigenvalue weighted by Gasteiger charge is -2.39. The topological polar surface area (TPSA) is 34.6 Å². The van der Waals surface area contributed by atoms with Crippen LogP contribution in [0.2, 0.25) is 0 Å². The number of hydrogen-bond acceptors (Lipinski definition) is 4. The predicted octanol–water partition coefficient (Wildman–Crippen LogP) is 3.09. The van der Waals surface area contributed by atoms with E-state index in [1.54, 1.807) is 7.11 Å². The number of methoxy groups -OCH3 is 1. The van der Waals surface area contributed by atoms with Crippen LogP contribution in [0.4, 0.5) is 5.69 Å². The van der Waals surface area contributed by atoms with Gasteiger partial charge in [-0.1, -0.05) is 18.2 Å². The Hall–Kier alpha value is -1.65. The van der Waals surface area contributed by atoms with Gasteiger partial charge in [0.05, 0.1) is 30.0 Å². The third-order valence-electron chi connectivity index (χ3n) is 4.34. The molecular weight excluding hydrogens is 276 g/mol. The number of aryl methyl sites for hydroxylation is 1. The Balaban J connectivity index is 2.06. The number of aromatic nitrogens is 1. The van der Waals surface area contributed by atoms with Crippen LogP contribution in [0.1, 0.15) is 18.2 Å². The maximum atomic E-state index is 5.98. The second kappa shape index (κ2) is 6.23. The van der Waals surface area contributed by atoms with E-state index in [9.17, 15) is 0 Å². The van der Waals surface area contributed by atoms with E-state index in [1.807, 2.05) is 6.07 Å². The summed E-state index contributed by atoms with van der Waals surface area (Å²) in [6, 6.07) is 8.37. The molecule has 0 saturated carbocycles. The molecule has 1 aromatic heterocycles. The molecule has 1 saturated heterocycles. The van der Waals surface area contributed by atoms with Crippen molar-refractivity contribution in [2.24, 2.45) is 0 Å². The number of para-hydroxylation sites is 1. The Morgan fingerprint density at radius 1 is 1.27 bits per heavy atom. The summed E-state index contributed by atoms with van der Waals surface area (Å²) in [5.74, 6) is 0. The van der Waals surface area contributed by atoms with Gasteiger partial charge in [0.15, 0.2) is 0 Å². The van der Waals surface area contributed by atoms with Crippen molar-refractivity contribution >= 4 is 16.6 Å². The summed E-state index contributed by atoms with van der Waals surface area (Å²) in [6.45, 7) is 8.75. The standard InChI is InChI=1S/C18H24N2O2/c1-12-9-20(10-15(22-12)11-21-4)18-13(2)14(3)19-17-8-6-5-7-16(17)18/h5-8,12,15H,9-11H2,1-4H3. The number of ether oxygens (including phenoxy) is 2. The first-order chi connectivity index (χ1) is 10.6. The van der Waals surface area contributed by atoms with Crippen molar-refractivity contribution in [3.63, 3.8) is 0 Å². The van der Waals surface area contributed by atoms with Gasteiger partial charge in [0.1, 0.15) is 0 Å². The number of hydrogen-bond donors (Lipinski definition) is 0. The van der Waals surface area contributed by atoms with Crippen LogP contribution in [0.15, 0.2) is 24.3 Å². The lowest BCUT2D eigenvalue weighted by atomic mass is 10.0. The van der Waals surface area contributed by atoms with Crippen molar-refractivity contribution in [1.82, 2.24) is 4.98 Å². The van der Waals surface area contributed by atoms with Crippen LogP contribution in [-0.2, 0) is 9.47 Å². The van der Waals surface area contributed by atoms with Crippen molar-refractivity contribution in [3.8, 4) is 0 Å². The lowest BCUT2D eigenvalue weighted by Crippen LogP contribution is -2.48. The zero-order valence-corrected chi connectivity index (χ0v) is 13.8. The molecule has 2 heterocycles. The van der Waals surface area contributed by atoms with Gasteiger partial charge in [0.25, 0.3) is 0 Å². The number of benzene rings is 1. The molecule has 0 radical (unpaired) electrons. The van der Waals surface area contributed by atoms with Gasteiger partial charge in [-0.05, 0) is 32.4 Å². The van der Waals surface area contributed by atoms with Crippen molar-refractivity contribution in [1.29, 1.82) is 0 Å². The summed E-state index contributed by atoms with van der Waals surface area (Å²) in [7, 11) is 1.73. The van der Waals surface area contributed by atoms with E-state index in [2.05, 4.69) is 43.9 Å². The molecular formula is C18H24N2O2. The van der Waals surface area contributed by atoms with E-state index in [-0.39, 0.29) is 12.2 Å². The SMILES string of the molecule is COCC1CN(c2c(C)c(C)nc3ccccc23)CC(C)O1. The zero-order valence-electron chi connectivity index (χ0n) is 13.8. The van der Waals surface area contributed by atoms with Crippen LogP contribution in [-0.4, -0.2) is 44.0 Å². The van der Waals surface area contributed by atoms with Gasteiger partial charge < -0.3 is 14.4 Å². The molecule has 4 heteroatoms. The Kier molecular flexibility index (Phi) is 4.32. The molecule has 4 nitrogen and oxygen atoms in total. The first kappa shape index (κ1) is 15.3. The van der Waals surface area contributed by atoms with E-state index >= 15 is 0 Å². The fraction of sp³-hybridized carbons (Fsp3) is 0.500. The van der Waals surface area contributed by atoms with Gasteiger partial charge in [-0.25, -0.2) is 0 Å². The molecule has 1 aromatic carbocycles. The predicted molar refractivity (Wildman–Crippen MR) is 89.6 cm³/mol. The minimum absolute atomic E-state index is 0.111. The average molecular weight is 300 g/mol. The fourth-order valence-electron chi connectivity index (χ4n) is 3.32. The molecule has 3 rings (SSSR count). The zero-order chi connectivity index (χ0) is 15.7. The average Bonchev–Trinajstić information content (AvgIpc) is 2.48. The van der Waals surface area contributed by atoms with E-state index in [0.29, 0.717) is 6.61 Å². The van der Waals surface area contributed by atoms with Crippen LogP contribution in [0.3, 0.4) is 0 Å². The van der Waals surface area contributed by atoms with Gasteiger partial charge in [-0.15, -0.1) is 0 Å². The highest BCUT2D eigenvalue weighted by Crippen LogP contribution is 2.33. The molecule has 0 N–H and O–H groups in total. The molecule has 1 aliphatic heterocycles. The minimum atomic E-state index is 0.111. The molecule has 118 valence electrons. The molecule has 0 aliphatic carbocycles. The maximum absolute atomic E-state index is 5.98. The highest BCUT2D eigenvalue weighted by molar-refractivity contribution is 5.93. The molecule has 2 unspecified atom stereocenters. The maximum Gasteiger partial charge on any atom is 0.0987 e. The van der Waals surface area contributed by atoms with Crippen LogP contribution in [0.5, 0.6) is 0 Å². The Morgan fingerprint density at radius 2 is 2.05 bits per heavy atom. The van der Waals surface area contributed by atoms with Crippen molar-refractivity contribution in [2.75, 3.05) is 31.7 Å². The number of rotatable bonds is 3. The third kappa shape index (κ3) is 2.81. The van der Waals surface area contributed by atoms with Gasteiger partial charge in [-0.3, -0.25) is 4.98 Å². The largest absolute Gasteiger partial charge is 0.382 e. The molecule has 22 heavy (non-hydrogen) atoms. The summed E-state index contributed by atoms with van der Waals surface area (Å²) < 4.78 is 11.3. The van der Waals surface area contributed by atoms with E-state index in [0.717, 1.165) is 24.3 Å². The smallest absolute Gasteiger partial charge is 0.0987 e. The third-order valence-corrected chi connectivity index (χ3v) is 4.34. The number of morpholine rings is 1. The Labute approximate surface area is 132 Å². The molecule has 0 spiro atoms. The van der Waals surface area contributed by atoms with E-state index in [1.165, 1.54) is 16.6 Å². The fourth-order valence-corrected chi connectivity index (χ4v) is 3.32. The highest BCUT2D eigenvalue weighted by atomic mass is 16.5. The summed E-state index contributed by atoms with van der Waals surface area (Å²) in [5.41, 5.74) is 4.70. The van der Waals surface area contributed by atoms with Crippen LogP contribution < -0.4 is 4.90 Å². The first-order valence-electron chi connectivity index (χ1n) is 7.85. The summed E-state index contributed by atoms with van der Waals surface area (Å²) >= 11 is 0. The van der Waals surface area contributed by atoms with Crippen molar-refractivity contribution in [3.05, 3.63) is 35.5 Å². The van der Waals surface area contributed by atoms with Crippen LogP contribution in [0, 0.1) is 13.8 Å². The molecule has 1 fully saturated rings. The highest BCUT2D eigenvalue weighted by Gasteiger charge is 2.27. The molecule has 2 atom stereocenters. The van der Waals surface area contributed by atoms with Crippen LogP contribution in [0.25, 0.3) is 10.9 Å². The molecule has 0 amide bonds. The van der Waals surface area contributed by atoms with Crippen LogP contribution >= 0.6 is 0 Å². The molecule has 2 aromatic rings. The first-order valence-corrected chi connectivity index (χ1v) is 7.85. The number of pyridine rings is 1. The monoisotopic (exact) mass is 300 g/mol. The van der Waals surface area contributed by atoms with Gasteiger partial charge in [0.2, 0.25) is 0 Å². The van der Waals surface area contributed by atoms with E-state index in [4.69, 9.17) is 14.5 Å². The van der Waals surface area contributed by atoms with Crippen molar-refractivity contribution in [2.45, 2.75) is 33.0 Å². The van der Waals surface area contributed by atoms with Gasteiger partial charge in [-0.2, -0.15) is 0 Å². The normalized spacial score (nSPS) is 22.3. The second-order valence-corrected chi connectivity index (χ2v) is 6.12. The Morgan fingerprint density at radius 3 is 2.82 bits per heavy atom. The second-order valence-electron chi connectivity index (χ2n) is 6.12. The lowest BCUT2D eigenvalue weighted by molar-refractivity contribution is -0.0510. The molecule has 1 aliphatic rings. The Bertz CT molecular complexity index is 671. The number of fused-ring (bicyclic) bond motifs is 1. The summed E-state index contributed by atoms with van der Waals surface area (Å²) in [4.78, 5) is 7.16. The van der Waals surface area contributed by atoms with Crippen molar-refractivity contribution < 1.29 is 9.47 Å². The van der Waals surface area contributed by atoms with E-state index < -0.39 is 0 Å². The summed E-state index contributed by atoms with van der Waals surface area (Å²) in [6.07, 6.45) is 0.306. The number of anilines is 1. The quantitative estimate of drug-likeness (QED) is 0.872. The minimum Gasteiger partial charge on any atom is -0.382 e. The summed E-state index contributed by atoms with van der Waals surface area (Å²) in [5, 5.41) is 1.22. The molecule has 0 bridgehead atoms. The number of nitrogens with zero attached hydrogens (tertiary/aromatic N) is 2. The van der Waals surface area contributed by atoms with Gasteiger partial charge in [0, 0.05) is 31.3 Å².